The molecular formula is C50H58O9. The van der Waals surface area contributed by atoms with Gasteiger partial charge in [0.15, 0.2) is 5.78 Å². The summed E-state index contributed by atoms with van der Waals surface area (Å²) >= 11 is 0. The highest BCUT2D eigenvalue weighted by atomic mass is 16.5. The van der Waals surface area contributed by atoms with Gasteiger partial charge in [-0.3, -0.25) is 9.59 Å². The number of carbonyl (C=O) groups excluding carboxylic acids is 2. The molecule has 9 nitrogen and oxygen atoms in total. The van der Waals surface area contributed by atoms with Crippen LogP contribution >= 0.6 is 0 Å². The zero-order valence-corrected chi connectivity index (χ0v) is 35.9. The second-order valence-corrected chi connectivity index (χ2v) is 15.3. The summed E-state index contributed by atoms with van der Waals surface area (Å²) in [5.74, 6) is -0.896. The monoisotopic (exact) mass is 802 g/mol. The number of carbonyl (C=O) groups is 4. The number of hydrogen-bond donors (Lipinski definition) is 2. The summed E-state index contributed by atoms with van der Waals surface area (Å²) in [5, 5.41) is 18.5. The maximum absolute atomic E-state index is 12.7. The van der Waals surface area contributed by atoms with E-state index in [9.17, 15) is 24.3 Å². The quantitative estimate of drug-likeness (QED) is 0.0638. The van der Waals surface area contributed by atoms with Gasteiger partial charge in [0.25, 0.3) is 0 Å². The van der Waals surface area contributed by atoms with Gasteiger partial charge in [-0.05, 0) is 104 Å². The van der Waals surface area contributed by atoms with E-state index in [2.05, 4.69) is 64.1 Å². The highest BCUT2D eigenvalue weighted by Gasteiger charge is 2.24. The fourth-order valence-corrected chi connectivity index (χ4v) is 5.90. The third-order valence-corrected chi connectivity index (χ3v) is 10.1. The van der Waals surface area contributed by atoms with Crippen LogP contribution in [0.15, 0.2) is 109 Å². The van der Waals surface area contributed by atoms with Gasteiger partial charge >= 0.3 is 17.9 Å². The Morgan fingerprint density at radius 2 is 1.12 bits per heavy atom. The molecule has 9 heteroatoms. The molecule has 0 aliphatic carbocycles. The van der Waals surface area contributed by atoms with Crippen molar-refractivity contribution >= 4 is 23.7 Å². The van der Waals surface area contributed by atoms with Gasteiger partial charge in [0.2, 0.25) is 0 Å². The lowest BCUT2D eigenvalue weighted by molar-refractivity contribution is -0.138. The molecule has 2 N–H and O–H groups in total. The zero-order chi connectivity index (χ0) is 43.9. The number of rotatable bonds is 14. The van der Waals surface area contributed by atoms with Crippen LogP contribution in [0.3, 0.4) is 0 Å². The molecule has 312 valence electrons. The normalized spacial score (nSPS) is 11.7. The minimum atomic E-state index is -1.12. The van der Waals surface area contributed by atoms with Gasteiger partial charge in [-0.1, -0.05) is 114 Å². The number of Topliss-reactive ketones (excluding diaryl/α,β-unsaturated/α-hetero) is 1. The van der Waals surface area contributed by atoms with Gasteiger partial charge in [-0.15, -0.1) is 0 Å². The van der Waals surface area contributed by atoms with Crippen LogP contribution in [0.5, 0.6) is 23.0 Å². The molecule has 0 spiro atoms. The first-order valence-corrected chi connectivity index (χ1v) is 19.8. The summed E-state index contributed by atoms with van der Waals surface area (Å²) in [6.45, 7) is 17.9. The molecule has 0 aliphatic rings. The van der Waals surface area contributed by atoms with E-state index >= 15 is 0 Å². The van der Waals surface area contributed by atoms with Crippen molar-refractivity contribution in [3.63, 3.8) is 0 Å². The largest absolute Gasteiger partial charge is 0.497 e. The Labute approximate surface area is 349 Å². The average Bonchev–Trinajstić information content (AvgIpc) is 3.20. The van der Waals surface area contributed by atoms with Gasteiger partial charge in [-0.25, -0.2) is 9.59 Å². The molecule has 0 saturated heterocycles. The van der Waals surface area contributed by atoms with Gasteiger partial charge in [0.1, 0.15) is 28.6 Å². The first kappa shape index (κ1) is 47.2. The van der Waals surface area contributed by atoms with Gasteiger partial charge in [0, 0.05) is 17.4 Å². The lowest BCUT2D eigenvalue weighted by Gasteiger charge is -2.26. The number of carboxylic acids is 2. The topological polar surface area (TPSA) is 136 Å². The lowest BCUT2D eigenvalue weighted by Crippen LogP contribution is -2.18. The molecular weight excluding hydrogens is 745 g/mol. The number of benzene rings is 5. The second kappa shape index (κ2) is 22.1. The predicted molar refractivity (Wildman–Crippen MR) is 233 cm³/mol. The second-order valence-electron chi connectivity index (χ2n) is 15.3. The Balaban J connectivity index is 0.000000305. The van der Waals surface area contributed by atoms with Crippen molar-refractivity contribution in [2.45, 2.75) is 87.0 Å². The summed E-state index contributed by atoms with van der Waals surface area (Å²) in [4.78, 5) is 47.0. The van der Waals surface area contributed by atoms with E-state index in [1.807, 2.05) is 64.1 Å². The average molecular weight is 803 g/mol. The number of carboxylic acid groups (broad SMARTS) is 2. The molecule has 0 aromatic heterocycles. The standard InChI is InChI=1S/C29H32O5.C13H16O4.C8H10/c1-6-19(2)17-27(30)26-18-24(15-16-25(26)28(31)32)34-23-13-9-21(10-14-23)29(3,4)20-7-11-22(33-5)12-8-20;1-4-9(3)13(16)17-11-7-8(2)5-6-10(11)12(14)15;1-7-4-3-5-8(2)6-7/h7-16,18-19H,6,17H2,1-5H3,(H,31,32);5-7,9H,4H2,1-3H3,(H,14,15);3-6H,1-2H3. The molecule has 0 amide bonds. The van der Waals surface area contributed by atoms with Gasteiger partial charge in [0.05, 0.1) is 18.6 Å². The molecule has 2 unspecified atom stereocenters. The smallest absolute Gasteiger partial charge is 0.339 e. The first-order chi connectivity index (χ1) is 27.9. The van der Waals surface area contributed by atoms with Crippen LogP contribution in [-0.2, 0) is 10.2 Å². The van der Waals surface area contributed by atoms with Crippen molar-refractivity contribution in [3.05, 3.63) is 154 Å². The fraction of sp³-hybridized carbons (Fsp3) is 0.320. The number of methoxy groups -OCH3 is 1. The van der Waals surface area contributed by atoms with Gasteiger partial charge < -0.3 is 24.4 Å². The van der Waals surface area contributed by atoms with E-state index in [4.69, 9.17) is 19.3 Å². The van der Waals surface area contributed by atoms with Crippen LogP contribution in [0, 0.1) is 32.6 Å². The molecule has 0 heterocycles. The number of esters is 1. The Bertz CT molecular complexity index is 2170. The van der Waals surface area contributed by atoms with E-state index in [0.29, 0.717) is 24.3 Å². The Kier molecular flexibility index (Phi) is 17.6. The lowest BCUT2D eigenvalue weighted by atomic mass is 9.78. The molecule has 0 saturated carbocycles. The van der Waals surface area contributed by atoms with E-state index < -0.39 is 17.9 Å². The number of ether oxygens (including phenoxy) is 3. The molecule has 2 atom stereocenters. The van der Waals surface area contributed by atoms with Crippen LogP contribution < -0.4 is 14.2 Å². The molecule has 5 aromatic carbocycles. The van der Waals surface area contributed by atoms with E-state index in [1.165, 1.54) is 29.3 Å². The third-order valence-electron chi connectivity index (χ3n) is 10.1. The Hall–Kier alpha value is -6.22. The maximum Gasteiger partial charge on any atom is 0.339 e. The summed E-state index contributed by atoms with van der Waals surface area (Å²) in [6, 6.07) is 33.5. The van der Waals surface area contributed by atoms with Crippen molar-refractivity contribution < 1.29 is 43.6 Å². The van der Waals surface area contributed by atoms with Crippen LogP contribution in [0.25, 0.3) is 0 Å². The first-order valence-electron chi connectivity index (χ1n) is 19.8. The van der Waals surface area contributed by atoms with Crippen LogP contribution in [0.4, 0.5) is 0 Å². The predicted octanol–water partition coefficient (Wildman–Crippen LogP) is 12.1. The summed E-state index contributed by atoms with van der Waals surface area (Å²) < 4.78 is 16.4. The van der Waals surface area contributed by atoms with Crippen molar-refractivity contribution in [3.8, 4) is 23.0 Å². The highest BCUT2D eigenvalue weighted by molar-refractivity contribution is 6.06. The number of hydrogen-bond acceptors (Lipinski definition) is 7. The van der Waals surface area contributed by atoms with E-state index in [-0.39, 0.29) is 45.5 Å². The summed E-state index contributed by atoms with van der Waals surface area (Å²) in [7, 11) is 1.65. The minimum Gasteiger partial charge on any atom is -0.497 e. The SMILES string of the molecule is CCC(C)C(=O)Oc1cc(C)ccc1C(=O)O.CCC(C)CC(=O)c1cc(Oc2ccc(C(C)(C)c3ccc(OC)cc3)cc2)ccc1C(=O)O.Cc1cccc(C)c1. The zero-order valence-electron chi connectivity index (χ0n) is 35.9. The van der Waals surface area contributed by atoms with E-state index in [0.717, 1.165) is 28.9 Å². The molecule has 5 aromatic rings. The summed E-state index contributed by atoms with van der Waals surface area (Å²) in [5.41, 5.74) is 5.78. The van der Waals surface area contributed by atoms with Crippen LogP contribution in [-0.4, -0.2) is 41.0 Å². The molecule has 5 rings (SSSR count). The molecule has 59 heavy (non-hydrogen) atoms. The number of aromatic carboxylic acids is 2. The minimum absolute atomic E-state index is 0.00255. The van der Waals surface area contributed by atoms with E-state index in [1.54, 1.807) is 32.2 Å². The molecule has 0 radical (unpaired) electrons. The van der Waals surface area contributed by atoms with Crippen LogP contribution in [0.1, 0.15) is 120 Å². The highest BCUT2D eigenvalue weighted by Crippen LogP contribution is 2.34. The fourth-order valence-electron chi connectivity index (χ4n) is 5.90. The maximum atomic E-state index is 12.7. The Morgan fingerprint density at radius 3 is 1.59 bits per heavy atom. The van der Waals surface area contributed by atoms with Crippen molar-refractivity contribution in [1.82, 2.24) is 0 Å². The molecule has 0 aliphatic heterocycles. The summed E-state index contributed by atoms with van der Waals surface area (Å²) in [6.07, 6.45) is 1.81. The van der Waals surface area contributed by atoms with Crippen molar-refractivity contribution in [1.29, 1.82) is 0 Å². The number of aryl methyl sites for hydroxylation is 3. The molecule has 0 fully saturated rings. The van der Waals surface area contributed by atoms with Crippen LogP contribution in [0.2, 0.25) is 0 Å². The Morgan fingerprint density at radius 1 is 0.610 bits per heavy atom. The number of ketones is 1. The van der Waals surface area contributed by atoms with Crippen molar-refractivity contribution in [2.75, 3.05) is 7.11 Å². The third kappa shape index (κ3) is 14.0. The molecule has 0 bridgehead atoms. The van der Waals surface area contributed by atoms with Gasteiger partial charge in [-0.2, -0.15) is 0 Å². The van der Waals surface area contributed by atoms with Crippen molar-refractivity contribution in [2.24, 2.45) is 11.8 Å².